The van der Waals surface area contributed by atoms with Gasteiger partial charge in [-0.1, -0.05) is 0 Å². The molecule has 2 rings (SSSR count). The number of halogens is 2. The third-order valence-electron chi connectivity index (χ3n) is 2.37. The van der Waals surface area contributed by atoms with Crippen LogP contribution < -0.4 is 10.1 Å². The third-order valence-corrected chi connectivity index (χ3v) is 3.55. The van der Waals surface area contributed by atoms with Crippen LogP contribution in [0.15, 0.2) is 33.5 Å². The van der Waals surface area contributed by atoms with E-state index in [9.17, 15) is 10.1 Å². The van der Waals surface area contributed by atoms with Crippen LogP contribution in [0.2, 0.25) is 0 Å². The monoisotopic (exact) mass is 416 g/mol. The Labute approximate surface area is 137 Å². The van der Waals surface area contributed by atoms with Crippen molar-refractivity contribution in [2.75, 3.05) is 11.9 Å². The highest BCUT2D eigenvalue weighted by atomic mass is 79.9. The minimum Gasteiger partial charge on any atom is -0.435 e. The van der Waals surface area contributed by atoms with Gasteiger partial charge in [0.15, 0.2) is 5.75 Å². The lowest BCUT2D eigenvalue weighted by molar-refractivity contribution is -0.385. The van der Waals surface area contributed by atoms with Gasteiger partial charge >= 0.3 is 0 Å². The van der Waals surface area contributed by atoms with Crippen molar-refractivity contribution in [2.24, 2.45) is 0 Å². The fourth-order valence-corrected chi connectivity index (χ4v) is 2.84. The first-order valence-corrected chi connectivity index (χ1v) is 7.47. The number of nitrogens with zero attached hydrogens (tertiary/aromatic N) is 3. The van der Waals surface area contributed by atoms with E-state index in [0.717, 1.165) is 0 Å². The van der Waals surface area contributed by atoms with Crippen LogP contribution >= 0.6 is 31.9 Å². The summed E-state index contributed by atoms with van der Waals surface area (Å²) in [4.78, 5) is 18.5. The number of non-ortho nitro benzene ring substituents is 1. The van der Waals surface area contributed by atoms with Gasteiger partial charge in [0, 0.05) is 18.7 Å². The Morgan fingerprint density at radius 3 is 2.57 bits per heavy atom. The number of aromatic nitrogens is 2. The van der Waals surface area contributed by atoms with E-state index in [4.69, 9.17) is 4.74 Å². The van der Waals surface area contributed by atoms with E-state index in [0.29, 0.717) is 27.1 Å². The lowest BCUT2D eigenvalue weighted by atomic mass is 10.3. The number of nitro groups is 1. The second-order valence-electron chi connectivity index (χ2n) is 3.87. The fraction of sp³-hybridized carbons (Fsp3) is 0.167. The molecule has 0 radical (unpaired) electrons. The first-order valence-electron chi connectivity index (χ1n) is 5.88. The second kappa shape index (κ2) is 6.81. The molecule has 0 amide bonds. The maximum absolute atomic E-state index is 10.8. The minimum absolute atomic E-state index is 0.0476. The Hall–Kier alpha value is -1.74. The highest BCUT2D eigenvalue weighted by Gasteiger charge is 2.16. The maximum Gasteiger partial charge on any atom is 0.271 e. The number of anilines is 1. The van der Waals surface area contributed by atoms with Gasteiger partial charge in [-0.05, 0) is 38.8 Å². The van der Waals surface area contributed by atoms with Crippen LogP contribution in [0.25, 0.3) is 0 Å². The predicted molar refractivity (Wildman–Crippen MR) is 84.8 cm³/mol. The number of ether oxygens (including phenoxy) is 1. The number of hydrogen-bond acceptors (Lipinski definition) is 6. The molecule has 0 bridgehead atoms. The van der Waals surface area contributed by atoms with Crippen molar-refractivity contribution >= 4 is 43.4 Å². The van der Waals surface area contributed by atoms with Gasteiger partial charge in [-0.15, -0.1) is 0 Å². The van der Waals surface area contributed by atoms with E-state index in [2.05, 4.69) is 47.1 Å². The maximum atomic E-state index is 10.8. The molecule has 1 aromatic heterocycles. The Balaban J connectivity index is 2.31. The molecule has 0 atom stereocenters. The Kier molecular flexibility index (Phi) is 5.07. The lowest BCUT2D eigenvalue weighted by Gasteiger charge is -2.10. The summed E-state index contributed by atoms with van der Waals surface area (Å²) >= 11 is 6.50. The quantitative estimate of drug-likeness (QED) is 0.580. The first-order chi connectivity index (χ1) is 10.0. The molecule has 2 aromatic rings. The molecule has 1 aromatic carbocycles. The highest BCUT2D eigenvalue weighted by Crippen LogP contribution is 2.39. The topological polar surface area (TPSA) is 90.2 Å². The van der Waals surface area contributed by atoms with E-state index in [1.54, 1.807) is 6.20 Å². The fourth-order valence-electron chi connectivity index (χ4n) is 1.52. The minimum atomic E-state index is -0.481. The summed E-state index contributed by atoms with van der Waals surface area (Å²) in [5.41, 5.74) is -0.0476. The van der Waals surface area contributed by atoms with Gasteiger partial charge in [-0.3, -0.25) is 15.1 Å². The van der Waals surface area contributed by atoms with E-state index >= 15 is 0 Å². The third kappa shape index (κ3) is 3.88. The van der Waals surface area contributed by atoms with Gasteiger partial charge in [0.25, 0.3) is 5.69 Å². The van der Waals surface area contributed by atoms with E-state index in [-0.39, 0.29) is 11.6 Å². The molecule has 110 valence electrons. The van der Waals surface area contributed by atoms with Crippen LogP contribution in [-0.2, 0) is 0 Å². The van der Waals surface area contributed by atoms with Crippen molar-refractivity contribution in [2.45, 2.75) is 6.92 Å². The summed E-state index contributed by atoms with van der Waals surface area (Å²) in [5.74, 6) is 1.26. The molecule has 1 N–H and O–H groups in total. The highest BCUT2D eigenvalue weighted by molar-refractivity contribution is 9.11. The lowest BCUT2D eigenvalue weighted by Crippen LogP contribution is -2.01. The molecule has 7 nitrogen and oxygen atoms in total. The molecule has 1 heterocycles. The van der Waals surface area contributed by atoms with Gasteiger partial charge in [-0.2, -0.15) is 4.98 Å². The van der Waals surface area contributed by atoms with Crippen LogP contribution in [0.5, 0.6) is 11.6 Å². The van der Waals surface area contributed by atoms with Crippen LogP contribution in [-0.4, -0.2) is 21.4 Å². The van der Waals surface area contributed by atoms with Gasteiger partial charge in [0.2, 0.25) is 5.88 Å². The Morgan fingerprint density at radius 1 is 1.33 bits per heavy atom. The number of nitrogens with one attached hydrogen (secondary N) is 1. The summed E-state index contributed by atoms with van der Waals surface area (Å²) in [6.45, 7) is 2.65. The molecular formula is C12H10Br2N4O3. The molecule has 0 saturated heterocycles. The summed E-state index contributed by atoms with van der Waals surface area (Å²) < 4.78 is 6.52. The number of benzene rings is 1. The van der Waals surface area contributed by atoms with Crippen molar-refractivity contribution < 1.29 is 9.66 Å². The van der Waals surface area contributed by atoms with Crippen molar-refractivity contribution in [3.05, 3.63) is 43.6 Å². The number of rotatable bonds is 5. The average Bonchev–Trinajstić information content (AvgIpc) is 2.43. The van der Waals surface area contributed by atoms with Crippen molar-refractivity contribution in [1.82, 2.24) is 9.97 Å². The molecule has 0 aliphatic rings. The molecule has 0 spiro atoms. The van der Waals surface area contributed by atoms with Crippen LogP contribution in [0.1, 0.15) is 6.92 Å². The zero-order valence-corrected chi connectivity index (χ0v) is 14.0. The molecule has 21 heavy (non-hydrogen) atoms. The molecule has 0 aliphatic carbocycles. The SMILES string of the molecule is CCNc1cncc(Oc2c(Br)cc([N+](=O)[O-])cc2Br)n1. The van der Waals surface area contributed by atoms with Crippen molar-refractivity contribution in [3.8, 4) is 11.6 Å². The average molecular weight is 418 g/mol. The van der Waals surface area contributed by atoms with Crippen molar-refractivity contribution in [1.29, 1.82) is 0 Å². The molecule has 0 unspecified atom stereocenters. The van der Waals surface area contributed by atoms with Gasteiger partial charge in [0.05, 0.1) is 26.3 Å². The second-order valence-corrected chi connectivity index (χ2v) is 5.58. The first kappa shape index (κ1) is 15.6. The van der Waals surface area contributed by atoms with Crippen molar-refractivity contribution in [3.63, 3.8) is 0 Å². The molecule has 0 fully saturated rings. The standard InChI is InChI=1S/C12H10Br2N4O3/c1-2-16-10-5-15-6-11(17-10)21-12-8(13)3-7(18(19)20)4-9(12)14/h3-6H,2H2,1H3,(H,16,17). The van der Waals surface area contributed by atoms with E-state index in [1.807, 2.05) is 6.92 Å². The molecular weight excluding hydrogens is 408 g/mol. The van der Waals surface area contributed by atoms with Gasteiger partial charge in [0.1, 0.15) is 5.82 Å². The number of nitro benzene ring substituents is 1. The summed E-state index contributed by atoms with van der Waals surface area (Å²) in [5, 5.41) is 13.8. The van der Waals surface area contributed by atoms with Gasteiger partial charge in [-0.25, -0.2) is 0 Å². The van der Waals surface area contributed by atoms with Crippen LogP contribution in [0.4, 0.5) is 11.5 Å². The van der Waals surface area contributed by atoms with Gasteiger partial charge < -0.3 is 10.1 Å². The van der Waals surface area contributed by atoms with E-state index < -0.39 is 4.92 Å². The van der Waals surface area contributed by atoms with Crippen LogP contribution in [0.3, 0.4) is 0 Å². The smallest absolute Gasteiger partial charge is 0.271 e. The number of hydrogen-bond donors (Lipinski definition) is 1. The molecule has 0 saturated carbocycles. The zero-order chi connectivity index (χ0) is 15.4. The zero-order valence-electron chi connectivity index (χ0n) is 10.8. The largest absolute Gasteiger partial charge is 0.435 e. The summed E-state index contributed by atoms with van der Waals surface area (Å²) in [7, 11) is 0. The van der Waals surface area contributed by atoms with E-state index in [1.165, 1.54) is 18.3 Å². The predicted octanol–water partition coefficient (Wildman–Crippen LogP) is 4.13. The Bertz CT molecular complexity index is 658. The normalized spacial score (nSPS) is 10.2. The Morgan fingerprint density at radius 2 is 2.00 bits per heavy atom. The molecule has 9 heteroatoms. The van der Waals surface area contributed by atoms with Crippen LogP contribution in [0, 0.1) is 10.1 Å². The molecule has 0 aliphatic heterocycles. The summed E-state index contributed by atoms with van der Waals surface area (Å²) in [6.07, 6.45) is 3.04. The summed E-state index contributed by atoms with van der Waals surface area (Å²) in [6, 6.07) is 2.73.